The number of aliphatic hydroxyl groups is 2. The molecule has 4 nitrogen and oxygen atoms in total. The Kier molecular flexibility index (Phi) is 8.85. The molecule has 0 bridgehead atoms. The van der Waals surface area contributed by atoms with Gasteiger partial charge in [0.25, 0.3) is 0 Å². The van der Waals surface area contributed by atoms with Gasteiger partial charge in [-0.1, -0.05) is 25.8 Å². The third-order valence-corrected chi connectivity index (χ3v) is 2.31. The van der Waals surface area contributed by atoms with Crippen molar-refractivity contribution in [2.24, 2.45) is 0 Å². The van der Waals surface area contributed by atoms with E-state index in [0.29, 0.717) is 5.57 Å². The molecule has 94 valence electrons. The zero-order chi connectivity index (χ0) is 12.4. The molecule has 0 amide bonds. The van der Waals surface area contributed by atoms with E-state index in [4.69, 9.17) is 5.11 Å². The SMILES string of the molecule is CCCCCC=C(CC(O)CO)C(=O)OC. The van der Waals surface area contributed by atoms with Crippen LogP contribution in [-0.4, -0.2) is 36.0 Å². The van der Waals surface area contributed by atoms with E-state index < -0.39 is 12.1 Å². The van der Waals surface area contributed by atoms with Crippen LogP contribution in [0.4, 0.5) is 0 Å². The Balaban J connectivity index is 4.24. The van der Waals surface area contributed by atoms with Crippen LogP contribution >= 0.6 is 0 Å². The number of rotatable bonds is 8. The molecule has 0 saturated heterocycles. The summed E-state index contributed by atoms with van der Waals surface area (Å²) in [6.07, 6.45) is 5.11. The number of allylic oxidation sites excluding steroid dienone is 1. The van der Waals surface area contributed by atoms with E-state index in [2.05, 4.69) is 11.7 Å². The molecule has 0 aliphatic rings. The number of carbonyl (C=O) groups is 1. The maximum atomic E-state index is 11.3. The average Bonchev–Trinajstić information content (AvgIpc) is 2.31. The molecule has 1 atom stereocenters. The van der Waals surface area contributed by atoms with Gasteiger partial charge in [-0.2, -0.15) is 0 Å². The number of esters is 1. The molecule has 0 aliphatic heterocycles. The molecule has 0 aromatic rings. The Morgan fingerprint density at radius 3 is 2.62 bits per heavy atom. The molecule has 0 radical (unpaired) electrons. The minimum absolute atomic E-state index is 0.148. The van der Waals surface area contributed by atoms with Crippen molar-refractivity contribution in [1.82, 2.24) is 0 Å². The van der Waals surface area contributed by atoms with E-state index in [1.54, 1.807) is 6.08 Å². The highest BCUT2D eigenvalue weighted by Gasteiger charge is 2.13. The van der Waals surface area contributed by atoms with Crippen molar-refractivity contribution in [2.75, 3.05) is 13.7 Å². The Labute approximate surface area is 96.9 Å². The Bertz CT molecular complexity index is 223. The van der Waals surface area contributed by atoms with E-state index in [0.717, 1.165) is 25.7 Å². The van der Waals surface area contributed by atoms with Gasteiger partial charge in [0.1, 0.15) is 0 Å². The third-order valence-electron chi connectivity index (χ3n) is 2.31. The predicted molar refractivity (Wildman–Crippen MR) is 62.0 cm³/mol. The summed E-state index contributed by atoms with van der Waals surface area (Å²) >= 11 is 0. The fourth-order valence-corrected chi connectivity index (χ4v) is 1.37. The first-order chi connectivity index (χ1) is 7.65. The summed E-state index contributed by atoms with van der Waals surface area (Å²) in [6.45, 7) is 1.77. The van der Waals surface area contributed by atoms with Gasteiger partial charge in [0.05, 0.1) is 19.8 Å². The van der Waals surface area contributed by atoms with Gasteiger partial charge in [-0.05, 0) is 12.8 Å². The van der Waals surface area contributed by atoms with Crippen LogP contribution in [-0.2, 0) is 9.53 Å². The summed E-state index contributed by atoms with van der Waals surface area (Å²) in [4.78, 5) is 11.3. The van der Waals surface area contributed by atoms with Crippen molar-refractivity contribution in [3.05, 3.63) is 11.6 Å². The highest BCUT2D eigenvalue weighted by molar-refractivity contribution is 5.88. The summed E-state index contributed by atoms with van der Waals surface area (Å²) in [5.41, 5.74) is 0.445. The smallest absolute Gasteiger partial charge is 0.333 e. The van der Waals surface area contributed by atoms with Crippen LogP contribution in [0.25, 0.3) is 0 Å². The molecule has 0 aromatic carbocycles. The Hall–Kier alpha value is -0.870. The second-order valence-corrected chi connectivity index (χ2v) is 3.76. The zero-order valence-electron chi connectivity index (χ0n) is 10.1. The average molecular weight is 230 g/mol. The Morgan fingerprint density at radius 2 is 2.12 bits per heavy atom. The van der Waals surface area contributed by atoms with E-state index in [1.165, 1.54) is 7.11 Å². The second-order valence-electron chi connectivity index (χ2n) is 3.76. The van der Waals surface area contributed by atoms with Gasteiger partial charge >= 0.3 is 5.97 Å². The minimum atomic E-state index is -0.892. The van der Waals surface area contributed by atoms with Crippen LogP contribution in [0.1, 0.15) is 39.0 Å². The van der Waals surface area contributed by atoms with Crippen molar-refractivity contribution >= 4 is 5.97 Å². The summed E-state index contributed by atoms with van der Waals surface area (Å²) < 4.78 is 4.61. The van der Waals surface area contributed by atoms with Crippen molar-refractivity contribution in [3.63, 3.8) is 0 Å². The number of ether oxygens (including phenoxy) is 1. The molecule has 0 heterocycles. The Morgan fingerprint density at radius 1 is 1.44 bits per heavy atom. The normalized spacial score (nSPS) is 13.6. The van der Waals surface area contributed by atoms with Gasteiger partial charge in [-0.15, -0.1) is 0 Å². The van der Waals surface area contributed by atoms with Gasteiger partial charge in [-0.3, -0.25) is 0 Å². The molecule has 1 unspecified atom stereocenters. The quantitative estimate of drug-likeness (QED) is 0.376. The molecule has 0 saturated carbocycles. The molecule has 0 aromatic heterocycles. The third kappa shape index (κ3) is 6.58. The van der Waals surface area contributed by atoms with Crippen molar-refractivity contribution in [3.8, 4) is 0 Å². The first-order valence-corrected chi connectivity index (χ1v) is 5.72. The van der Waals surface area contributed by atoms with E-state index in [1.807, 2.05) is 0 Å². The van der Waals surface area contributed by atoms with E-state index >= 15 is 0 Å². The van der Waals surface area contributed by atoms with Crippen LogP contribution < -0.4 is 0 Å². The summed E-state index contributed by atoms with van der Waals surface area (Å²) in [5.74, 6) is -0.427. The number of carbonyl (C=O) groups excluding carboxylic acids is 1. The number of hydrogen-bond acceptors (Lipinski definition) is 4. The number of hydrogen-bond donors (Lipinski definition) is 2. The van der Waals surface area contributed by atoms with Crippen LogP contribution in [0.2, 0.25) is 0 Å². The predicted octanol–water partition coefficient (Wildman–Crippen LogP) is 1.41. The first kappa shape index (κ1) is 15.1. The topological polar surface area (TPSA) is 66.8 Å². The molecule has 2 N–H and O–H groups in total. The van der Waals surface area contributed by atoms with Crippen molar-refractivity contribution in [2.45, 2.75) is 45.1 Å². The molecular formula is C12H22O4. The number of aliphatic hydroxyl groups excluding tert-OH is 2. The zero-order valence-corrected chi connectivity index (χ0v) is 10.1. The summed E-state index contributed by atoms with van der Waals surface area (Å²) in [7, 11) is 1.31. The van der Waals surface area contributed by atoms with Gasteiger partial charge in [-0.25, -0.2) is 4.79 Å². The lowest BCUT2D eigenvalue weighted by atomic mass is 10.1. The molecule has 0 rings (SSSR count). The summed E-state index contributed by atoms with van der Waals surface area (Å²) in [6, 6.07) is 0. The fraction of sp³-hybridized carbons (Fsp3) is 0.750. The van der Waals surface area contributed by atoms with Crippen molar-refractivity contribution in [1.29, 1.82) is 0 Å². The van der Waals surface area contributed by atoms with Gasteiger partial charge in [0.15, 0.2) is 0 Å². The first-order valence-electron chi connectivity index (χ1n) is 5.72. The largest absolute Gasteiger partial charge is 0.466 e. The molecule has 16 heavy (non-hydrogen) atoms. The van der Waals surface area contributed by atoms with E-state index in [-0.39, 0.29) is 13.0 Å². The van der Waals surface area contributed by atoms with Crippen LogP contribution in [0.5, 0.6) is 0 Å². The molecule has 0 spiro atoms. The van der Waals surface area contributed by atoms with Crippen LogP contribution in [0.15, 0.2) is 11.6 Å². The summed E-state index contributed by atoms with van der Waals surface area (Å²) in [5, 5.41) is 18.0. The maximum absolute atomic E-state index is 11.3. The molecular weight excluding hydrogens is 208 g/mol. The number of unbranched alkanes of at least 4 members (excludes halogenated alkanes) is 3. The second kappa shape index (κ2) is 9.36. The van der Waals surface area contributed by atoms with E-state index in [9.17, 15) is 9.90 Å². The van der Waals surface area contributed by atoms with Crippen LogP contribution in [0, 0.1) is 0 Å². The van der Waals surface area contributed by atoms with Gasteiger partial charge < -0.3 is 14.9 Å². The molecule has 0 aliphatic carbocycles. The fourth-order valence-electron chi connectivity index (χ4n) is 1.37. The lowest BCUT2D eigenvalue weighted by molar-refractivity contribution is -0.136. The lowest BCUT2D eigenvalue weighted by Gasteiger charge is -2.09. The molecule has 4 heteroatoms. The highest BCUT2D eigenvalue weighted by Crippen LogP contribution is 2.11. The maximum Gasteiger partial charge on any atom is 0.333 e. The molecule has 0 fully saturated rings. The number of methoxy groups -OCH3 is 1. The monoisotopic (exact) mass is 230 g/mol. The lowest BCUT2D eigenvalue weighted by Crippen LogP contribution is -2.17. The van der Waals surface area contributed by atoms with Crippen molar-refractivity contribution < 1.29 is 19.7 Å². The van der Waals surface area contributed by atoms with Gasteiger partial charge in [0.2, 0.25) is 0 Å². The standard InChI is InChI=1S/C12H22O4/c1-3-4-5-6-7-10(12(15)16-2)8-11(14)9-13/h7,11,13-14H,3-6,8-9H2,1-2H3. The van der Waals surface area contributed by atoms with Gasteiger partial charge in [0, 0.05) is 12.0 Å². The minimum Gasteiger partial charge on any atom is -0.466 e. The highest BCUT2D eigenvalue weighted by atomic mass is 16.5. The van der Waals surface area contributed by atoms with Crippen LogP contribution in [0.3, 0.4) is 0 Å².